The van der Waals surface area contributed by atoms with Gasteiger partial charge in [0.1, 0.15) is 24.0 Å². The van der Waals surface area contributed by atoms with Crippen LogP contribution >= 0.6 is 0 Å². The Balaban J connectivity index is 1.88. The first-order valence-corrected chi connectivity index (χ1v) is 26.6. The quantitative estimate of drug-likeness (QED) is 0.107. The molecule has 0 aromatic heterocycles. The number of esters is 1. The van der Waals surface area contributed by atoms with Gasteiger partial charge in [-0.1, -0.05) is 66.2 Å². The van der Waals surface area contributed by atoms with Gasteiger partial charge in [-0.15, -0.1) is 0 Å². The Labute approximate surface area is 379 Å². The third-order valence-electron chi connectivity index (χ3n) is 15.1. The molecule has 14 heteroatoms. The van der Waals surface area contributed by atoms with E-state index in [0.29, 0.717) is 51.4 Å². The minimum Gasteiger partial charge on any atom is -0.456 e. The van der Waals surface area contributed by atoms with Crippen LogP contribution in [0.5, 0.6) is 0 Å². The van der Waals surface area contributed by atoms with E-state index in [1.807, 2.05) is 27.7 Å². The third-order valence-corrected chi connectivity index (χ3v) is 19.6. The molecule has 360 valence electrons. The predicted molar refractivity (Wildman–Crippen MR) is 244 cm³/mol. The molecule has 1 aliphatic carbocycles. The largest absolute Gasteiger partial charge is 0.456 e. The summed E-state index contributed by atoms with van der Waals surface area (Å²) in [5.41, 5.74) is 1.82. The van der Waals surface area contributed by atoms with Gasteiger partial charge in [0.25, 0.3) is 11.7 Å². The number of aliphatic hydroxyl groups is 2. The molecule has 2 saturated heterocycles. The molecule has 0 aromatic carbocycles. The summed E-state index contributed by atoms with van der Waals surface area (Å²) in [6, 6.07) is -1.11. The summed E-state index contributed by atoms with van der Waals surface area (Å²) < 4.78 is 37.6. The van der Waals surface area contributed by atoms with Crippen molar-refractivity contribution in [3.05, 3.63) is 23.3 Å². The highest BCUT2D eigenvalue weighted by Crippen LogP contribution is 2.42. The van der Waals surface area contributed by atoms with E-state index in [4.69, 9.17) is 28.1 Å². The summed E-state index contributed by atoms with van der Waals surface area (Å²) in [6.07, 6.45) is 5.14. The number of carbonyl (C=O) groups excluding carboxylic acids is 4. The average Bonchev–Trinajstić information content (AvgIpc) is 3.23. The van der Waals surface area contributed by atoms with Gasteiger partial charge in [0.2, 0.25) is 5.79 Å². The van der Waals surface area contributed by atoms with Crippen LogP contribution in [0.15, 0.2) is 23.3 Å². The number of methoxy groups -OCH3 is 3. The minimum atomic E-state index is -2.52. The fourth-order valence-corrected chi connectivity index (χ4v) is 11.5. The highest BCUT2D eigenvalue weighted by molar-refractivity contribution is 6.74. The van der Waals surface area contributed by atoms with Crippen LogP contribution in [0, 0.1) is 29.6 Å². The summed E-state index contributed by atoms with van der Waals surface area (Å²) in [5, 5.41) is 22.6. The van der Waals surface area contributed by atoms with Crippen LogP contribution in [-0.2, 0) is 47.3 Å². The van der Waals surface area contributed by atoms with Crippen LogP contribution in [0.4, 0.5) is 0 Å². The Bertz CT molecular complexity index is 1640. The zero-order valence-electron chi connectivity index (χ0n) is 41.1. The van der Waals surface area contributed by atoms with Gasteiger partial charge in [0.15, 0.2) is 8.32 Å². The van der Waals surface area contributed by atoms with E-state index in [0.717, 1.165) is 11.1 Å². The molecule has 63 heavy (non-hydrogen) atoms. The first-order valence-electron chi connectivity index (χ1n) is 23.7. The van der Waals surface area contributed by atoms with Crippen molar-refractivity contribution in [1.82, 2.24) is 4.90 Å². The van der Waals surface area contributed by atoms with Gasteiger partial charge in [-0.3, -0.25) is 14.4 Å². The van der Waals surface area contributed by atoms with Crippen molar-refractivity contribution in [2.45, 2.75) is 206 Å². The number of nitrogens with zero attached hydrogens (tertiary/aromatic N) is 1. The second-order valence-corrected chi connectivity index (χ2v) is 25.8. The highest BCUT2D eigenvalue weighted by Gasteiger charge is 2.57. The lowest BCUT2D eigenvalue weighted by atomic mass is 9.81. The number of ketones is 2. The Morgan fingerprint density at radius 3 is 2.16 bits per heavy atom. The maximum Gasteiger partial charge on any atom is 0.329 e. The zero-order chi connectivity index (χ0) is 47.2. The summed E-state index contributed by atoms with van der Waals surface area (Å²) in [7, 11) is 2.19. The summed E-state index contributed by atoms with van der Waals surface area (Å²) in [6.45, 7) is 22.6. The number of cyclic esters (lactones) is 1. The Kier molecular flexibility index (Phi) is 19.0. The third kappa shape index (κ3) is 12.8. The normalized spacial score (nSPS) is 38.9. The average molecular weight is 906 g/mol. The van der Waals surface area contributed by atoms with Gasteiger partial charge in [-0.2, -0.15) is 0 Å². The molecule has 1 amide bonds. The number of hydrogen-bond donors (Lipinski definition) is 2. The molecule has 13 nitrogen and oxygen atoms in total. The number of aliphatic hydroxyl groups excluding tert-OH is 1. The lowest BCUT2D eigenvalue weighted by molar-refractivity contribution is -0.302. The van der Waals surface area contributed by atoms with E-state index >= 15 is 0 Å². The molecule has 14 unspecified atom stereocenters. The van der Waals surface area contributed by atoms with Gasteiger partial charge in [-0.25, -0.2) is 4.79 Å². The number of allylic oxidation sites excluding steroid dienone is 3. The van der Waals surface area contributed by atoms with Gasteiger partial charge in [0, 0.05) is 52.0 Å². The molecule has 3 fully saturated rings. The van der Waals surface area contributed by atoms with Crippen LogP contribution < -0.4 is 0 Å². The number of piperidine rings is 1. The van der Waals surface area contributed by atoms with E-state index in [1.165, 1.54) is 4.90 Å². The number of fused-ring (bicyclic) bond motifs is 3. The Hall–Kier alpha value is -2.30. The second kappa shape index (κ2) is 22.5. The van der Waals surface area contributed by atoms with Crippen LogP contribution in [0.2, 0.25) is 18.1 Å². The monoisotopic (exact) mass is 906 g/mol. The molecule has 1 saturated carbocycles. The maximum atomic E-state index is 14.8. The molecule has 0 radical (unpaired) electrons. The molecule has 2 bridgehead atoms. The van der Waals surface area contributed by atoms with Crippen molar-refractivity contribution in [2.24, 2.45) is 29.6 Å². The Morgan fingerprint density at radius 2 is 1.56 bits per heavy atom. The first kappa shape index (κ1) is 53.3. The van der Waals surface area contributed by atoms with Gasteiger partial charge in [-0.05, 0) is 114 Å². The molecule has 0 spiro atoms. The molecule has 3 aliphatic heterocycles. The fraction of sp³-hybridized carbons (Fsp3) is 0.837. The highest BCUT2D eigenvalue weighted by atomic mass is 28.4. The number of rotatable bonds is 8. The molecule has 2 N–H and O–H groups in total. The van der Waals surface area contributed by atoms with Crippen molar-refractivity contribution in [1.29, 1.82) is 0 Å². The number of amides is 1. The molecule has 3 heterocycles. The maximum absolute atomic E-state index is 14.8. The summed E-state index contributed by atoms with van der Waals surface area (Å²) >= 11 is 0. The standard InChI is InChI=1S/C49H83NO12Si/c1-15-35-23-29(2)22-30(3)24-41(58-11)44-42(59-12)26-32(5)49(56,61-44)45(53)46(54)50-21-17-16-18-36(50)47(55)60-43(31(4)25-34-19-20-37(51)40(27-34)57-10)33(6)39(28-38(35)52)62-63(13,14)48(7,8)9/h23,25,30,32-37,39-44,51,56H,15-22,24,26-28H2,1-14H3/b29-23+,31-25?. The molecular weight excluding hydrogens is 823 g/mol. The van der Waals surface area contributed by atoms with Crippen LogP contribution in [0.3, 0.4) is 0 Å². The smallest absolute Gasteiger partial charge is 0.329 e. The van der Waals surface area contributed by atoms with Crippen LogP contribution in [0.25, 0.3) is 0 Å². The van der Waals surface area contributed by atoms with Crippen molar-refractivity contribution in [3.8, 4) is 0 Å². The summed E-state index contributed by atoms with van der Waals surface area (Å²) in [5.74, 6) is -6.88. The predicted octanol–water partition coefficient (Wildman–Crippen LogP) is 7.50. The zero-order valence-corrected chi connectivity index (χ0v) is 42.1. The van der Waals surface area contributed by atoms with Gasteiger partial charge >= 0.3 is 5.97 Å². The molecule has 4 aliphatic rings. The van der Waals surface area contributed by atoms with Gasteiger partial charge < -0.3 is 43.2 Å². The molecule has 0 aromatic rings. The fourth-order valence-electron chi connectivity index (χ4n) is 10.1. The van der Waals surface area contributed by atoms with Crippen molar-refractivity contribution in [2.75, 3.05) is 27.9 Å². The lowest BCUT2D eigenvalue weighted by Crippen LogP contribution is -2.64. The van der Waals surface area contributed by atoms with Crippen LogP contribution in [0.1, 0.15) is 133 Å². The number of hydrogen-bond acceptors (Lipinski definition) is 12. The van der Waals surface area contributed by atoms with Crippen molar-refractivity contribution in [3.63, 3.8) is 0 Å². The second-order valence-electron chi connectivity index (χ2n) is 21.0. The molecular formula is C49H83NO12Si. The number of carbonyl (C=O) groups is 4. The SMILES string of the molecule is CCC1/C=C(\C)CC(C)CC(OC)C2OC(O)(C(=O)C(=O)N3CCCCC3C(=O)OC(C(C)=CC3CCC(O)C(OC)C3)C(C)C(O[Si](C)(C)C(C)(C)C)CC1=O)C(C)CC2OC. The Morgan fingerprint density at radius 1 is 0.921 bits per heavy atom. The van der Waals surface area contributed by atoms with Crippen molar-refractivity contribution >= 4 is 31.8 Å². The van der Waals surface area contributed by atoms with E-state index in [9.17, 15) is 29.4 Å². The molecule has 4 rings (SSSR count). The topological polar surface area (TPSA) is 167 Å². The lowest BCUT2D eigenvalue weighted by Gasteiger charge is -2.47. The first-order chi connectivity index (χ1) is 29.4. The van der Waals surface area contributed by atoms with Crippen LogP contribution in [-0.4, -0.2) is 129 Å². The number of ether oxygens (including phenoxy) is 5. The van der Waals surface area contributed by atoms with E-state index in [2.05, 4.69) is 52.9 Å². The van der Waals surface area contributed by atoms with E-state index in [-0.39, 0.29) is 60.5 Å². The minimum absolute atomic E-state index is 0.0265. The number of Topliss-reactive ketones (excluding diaryl/α,β-unsaturated/α-hetero) is 2. The van der Waals surface area contributed by atoms with E-state index < -0.39 is 86.3 Å². The van der Waals surface area contributed by atoms with E-state index in [1.54, 1.807) is 28.3 Å². The van der Waals surface area contributed by atoms with Gasteiger partial charge in [0.05, 0.1) is 30.5 Å². The van der Waals surface area contributed by atoms with Crippen molar-refractivity contribution < 1.29 is 57.5 Å². The molecule has 14 atom stereocenters. The summed E-state index contributed by atoms with van der Waals surface area (Å²) in [4.78, 5) is 59.5.